The van der Waals surface area contributed by atoms with E-state index in [1.54, 1.807) is 6.07 Å². The van der Waals surface area contributed by atoms with E-state index in [0.717, 1.165) is 23.9 Å². The maximum Gasteiger partial charge on any atom is 0.257 e. The van der Waals surface area contributed by atoms with Crippen LogP contribution in [-0.2, 0) is 6.42 Å². The summed E-state index contributed by atoms with van der Waals surface area (Å²) in [5, 5.41) is 7.48. The van der Waals surface area contributed by atoms with Crippen LogP contribution in [0.15, 0.2) is 16.8 Å². The summed E-state index contributed by atoms with van der Waals surface area (Å²) in [5.74, 6) is -0.152. The summed E-state index contributed by atoms with van der Waals surface area (Å²) in [6, 6.07) is 1.76. The van der Waals surface area contributed by atoms with E-state index in [1.165, 1.54) is 6.20 Å². The van der Waals surface area contributed by atoms with Crippen LogP contribution in [-0.4, -0.2) is 29.1 Å². The van der Waals surface area contributed by atoms with Crippen LogP contribution >= 0.6 is 12.4 Å². The van der Waals surface area contributed by atoms with Gasteiger partial charge in [-0.2, -0.15) is 0 Å². The Morgan fingerprint density at radius 3 is 3.00 bits per heavy atom. The Bertz CT molecular complexity index is 556. The second-order valence-corrected chi connectivity index (χ2v) is 3.96. The number of nitrogens with two attached hydrogens (primary N) is 1. The maximum atomic E-state index is 11.8. The van der Waals surface area contributed by atoms with Crippen molar-refractivity contribution in [3.63, 3.8) is 0 Å². The SMILES string of the molecule is CCc1noc2ncc(C(=O)NCCCN)cc12.Cl. The normalized spacial score (nSPS) is 10.2. The van der Waals surface area contributed by atoms with Gasteiger partial charge in [0.05, 0.1) is 16.6 Å². The number of halogens is 1. The number of carbonyl (C=O) groups is 1. The van der Waals surface area contributed by atoms with Gasteiger partial charge in [0.25, 0.3) is 11.6 Å². The molecule has 2 aromatic rings. The Hall–Kier alpha value is -1.66. The molecule has 2 aromatic heterocycles. The Morgan fingerprint density at radius 2 is 2.32 bits per heavy atom. The highest BCUT2D eigenvalue weighted by molar-refractivity contribution is 5.96. The molecule has 0 bridgehead atoms. The van der Waals surface area contributed by atoms with Crippen LogP contribution in [0.4, 0.5) is 0 Å². The van der Waals surface area contributed by atoms with E-state index >= 15 is 0 Å². The van der Waals surface area contributed by atoms with Gasteiger partial charge in [-0.05, 0) is 25.5 Å². The van der Waals surface area contributed by atoms with E-state index in [4.69, 9.17) is 10.3 Å². The molecule has 3 N–H and O–H groups in total. The maximum absolute atomic E-state index is 11.8. The van der Waals surface area contributed by atoms with Crippen LogP contribution in [0.3, 0.4) is 0 Å². The quantitative estimate of drug-likeness (QED) is 0.807. The summed E-state index contributed by atoms with van der Waals surface area (Å²) in [4.78, 5) is 15.9. The van der Waals surface area contributed by atoms with Crippen molar-refractivity contribution in [1.82, 2.24) is 15.5 Å². The van der Waals surface area contributed by atoms with Gasteiger partial charge in [0, 0.05) is 12.7 Å². The van der Waals surface area contributed by atoms with Crippen LogP contribution in [0.5, 0.6) is 0 Å². The molecule has 0 saturated carbocycles. The van der Waals surface area contributed by atoms with E-state index in [9.17, 15) is 4.79 Å². The van der Waals surface area contributed by atoms with Crippen LogP contribution in [0, 0.1) is 0 Å². The molecule has 0 radical (unpaired) electrons. The third kappa shape index (κ3) is 3.42. The Balaban J connectivity index is 0.00000180. The van der Waals surface area contributed by atoms with Gasteiger partial charge in [0.15, 0.2) is 0 Å². The molecule has 19 heavy (non-hydrogen) atoms. The average Bonchev–Trinajstić information content (AvgIpc) is 2.80. The molecule has 0 saturated heterocycles. The van der Waals surface area contributed by atoms with Crippen molar-refractivity contribution < 1.29 is 9.32 Å². The van der Waals surface area contributed by atoms with Gasteiger partial charge in [-0.1, -0.05) is 12.1 Å². The van der Waals surface area contributed by atoms with Gasteiger partial charge in [0.1, 0.15) is 0 Å². The zero-order valence-electron chi connectivity index (χ0n) is 10.7. The molecule has 7 heteroatoms. The second-order valence-electron chi connectivity index (χ2n) is 3.96. The van der Waals surface area contributed by atoms with Crippen molar-refractivity contribution in [3.8, 4) is 0 Å². The zero-order chi connectivity index (χ0) is 13.0. The Kier molecular flexibility index (Phi) is 5.72. The van der Waals surface area contributed by atoms with E-state index < -0.39 is 0 Å². The number of hydrogen-bond acceptors (Lipinski definition) is 5. The molecule has 0 fully saturated rings. The molecule has 6 nitrogen and oxygen atoms in total. The largest absolute Gasteiger partial charge is 0.352 e. The Morgan fingerprint density at radius 1 is 1.53 bits per heavy atom. The lowest BCUT2D eigenvalue weighted by molar-refractivity contribution is 0.0953. The fourth-order valence-electron chi connectivity index (χ4n) is 1.66. The molecule has 0 aliphatic carbocycles. The molecular formula is C12H17ClN4O2. The predicted octanol–water partition coefficient (Wildman–Crippen LogP) is 1.29. The number of aryl methyl sites for hydroxylation is 1. The second kappa shape index (κ2) is 7.06. The van der Waals surface area contributed by atoms with E-state index in [0.29, 0.717) is 24.4 Å². The minimum atomic E-state index is -0.152. The Labute approximate surface area is 117 Å². The van der Waals surface area contributed by atoms with Crippen LogP contribution < -0.4 is 11.1 Å². The van der Waals surface area contributed by atoms with Crippen LogP contribution in [0.2, 0.25) is 0 Å². The highest BCUT2D eigenvalue weighted by Gasteiger charge is 2.12. The summed E-state index contributed by atoms with van der Waals surface area (Å²) < 4.78 is 5.06. The molecule has 0 unspecified atom stereocenters. The standard InChI is InChI=1S/C12H16N4O2.ClH/c1-2-10-9-6-8(7-15-12(9)18-16-10)11(17)14-5-3-4-13;/h6-7H,2-5,13H2,1H3,(H,14,17);1H. The lowest BCUT2D eigenvalue weighted by atomic mass is 10.1. The minimum Gasteiger partial charge on any atom is -0.352 e. The van der Waals surface area contributed by atoms with Gasteiger partial charge >= 0.3 is 0 Å². The zero-order valence-corrected chi connectivity index (χ0v) is 11.5. The highest BCUT2D eigenvalue weighted by Crippen LogP contribution is 2.17. The first-order valence-electron chi connectivity index (χ1n) is 5.98. The van der Waals surface area contributed by atoms with Crippen LogP contribution in [0.1, 0.15) is 29.4 Å². The number of nitrogens with zero attached hydrogens (tertiary/aromatic N) is 2. The lowest BCUT2D eigenvalue weighted by Gasteiger charge is -2.03. The van der Waals surface area contributed by atoms with Crippen molar-refractivity contribution in [2.75, 3.05) is 13.1 Å². The van der Waals surface area contributed by atoms with Crippen LogP contribution in [0.25, 0.3) is 11.1 Å². The number of rotatable bonds is 5. The van der Waals surface area contributed by atoms with Crippen molar-refractivity contribution in [1.29, 1.82) is 0 Å². The number of fused-ring (bicyclic) bond motifs is 1. The third-order valence-electron chi connectivity index (χ3n) is 2.67. The molecular weight excluding hydrogens is 268 g/mol. The van der Waals surface area contributed by atoms with E-state index in [2.05, 4.69) is 15.5 Å². The summed E-state index contributed by atoms with van der Waals surface area (Å²) in [6.45, 7) is 3.10. The topological polar surface area (TPSA) is 94.0 Å². The molecule has 104 valence electrons. The van der Waals surface area contributed by atoms with Gasteiger partial charge < -0.3 is 15.6 Å². The first-order valence-corrected chi connectivity index (χ1v) is 5.98. The first-order chi connectivity index (χ1) is 8.76. The van der Waals surface area contributed by atoms with Crippen molar-refractivity contribution in [2.24, 2.45) is 5.73 Å². The molecule has 0 aliphatic heterocycles. The number of carbonyl (C=O) groups excluding carboxylic acids is 1. The number of nitrogens with one attached hydrogen (secondary N) is 1. The van der Waals surface area contributed by atoms with Crippen molar-refractivity contribution in [3.05, 3.63) is 23.5 Å². The summed E-state index contributed by atoms with van der Waals surface area (Å²) in [5.41, 5.74) is 7.16. The first kappa shape index (κ1) is 15.4. The van der Waals surface area contributed by atoms with Gasteiger partial charge in [-0.25, -0.2) is 4.98 Å². The molecule has 2 rings (SSSR count). The number of hydrogen-bond donors (Lipinski definition) is 2. The summed E-state index contributed by atoms with van der Waals surface area (Å²) >= 11 is 0. The molecule has 2 heterocycles. The minimum absolute atomic E-state index is 0. The number of aromatic nitrogens is 2. The van der Waals surface area contributed by atoms with Gasteiger partial charge in [0.2, 0.25) is 0 Å². The highest BCUT2D eigenvalue weighted by atomic mass is 35.5. The molecule has 0 atom stereocenters. The molecule has 0 aromatic carbocycles. The molecule has 0 spiro atoms. The fraction of sp³-hybridized carbons (Fsp3) is 0.417. The molecule has 1 amide bonds. The average molecular weight is 285 g/mol. The van der Waals surface area contributed by atoms with E-state index in [1.807, 2.05) is 6.92 Å². The lowest BCUT2D eigenvalue weighted by Crippen LogP contribution is -2.26. The van der Waals surface area contributed by atoms with E-state index in [-0.39, 0.29) is 18.3 Å². The fourth-order valence-corrected chi connectivity index (χ4v) is 1.66. The van der Waals surface area contributed by atoms with Gasteiger partial charge in [-0.15, -0.1) is 12.4 Å². The summed E-state index contributed by atoms with van der Waals surface area (Å²) in [7, 11) is 0. The van der Waals surface area contributed by atoms with Gasteiger partial charge in [-0.3, -0.25) is 4.79 Å². The summed E-state index contributed by atoms with van der Waals surface area (Å²) in [6.07, 6.45) is 2.99. The predicted molar refractivity (Wildman–Crippen MR) is 74.4 cm³/mol. The van der Waals surface area contributed by atoms with Crippen molar-refractivity contribution in [2.45, 2.75) is 19.8 Å². The third-order valence-corrected chi connectivity index (χ3v) is 2.67. The smallest absolute Gasteiger partial charge is 0.257 e. The number of pyridine rings is 1. The van der Waals surface area contributed by atoms with Crippen molar-refractivity contribution >= 4 is 29.4 Å². The molecule has 0 aliphatic rings. The number of amides is 1. The monoisotopic (exact) mass is 284 g/mol.